The predicted molar refractivity (Wildman–Crippen MR) is 63.6 cm³/mol. The molecule has 0 saturated carbocycles. The normalized spacial score (nSPS) is 28.0. The second-order valence-electron chi connectivity index (χ2n) is 5.69. The van der Waals surface area contributed by atoms with Crippen LogP contribution in [-0.2, 0) is 4.74 Å². The summed E-state index contributed by atoms with van der Waals surface area (Å²) in [6, 6.07) is 0. The third-order valence-electron chi connectivity index (χ3n) is 2.80. The van der Waals surface area contributed by atoms with E-state index >= 15 is 0 Å². The zero-order valence-electron chi connectivity index (χ0n) is 10.0. The molecule has 0 aromatic rings. The van der Waals surface area contributed by atoms with E-state index in [-0.39, 0.29) is 16.9 Å². The molecule has 1 atom stereocenters. The van der Waals surface area contributed by atoms with Crippen LogP contribution in [0.4, 0.5) is 4.79 Å². The Morgan fingerprint density at radius 2 is 2.12 bits per heavy atom. The van der Waals surface area contributed by atoms with Crippen molar-refractivity contribution in [2.24, 2.45) is 0 Å². The molecule has 2 heterocycles. The molecule has 1 spiro atoms. The molecule has 0 bridgehead atoms. The third-order valence-corrected chi connectivity index (χ3v) is 4.39. The molecular formula is C11H19NO3S. The highest BCUT2D eigenvalue weighted by atomic mass is 32.2. The summed E-state index contributed by atoms with van der Waals surface area (Å²) < 4.78 is 5.39. The Hall–Kier alpha value is -0.420. The van der Waals surface area contributed by atoms with Crippen molar-refractivity contribution < 1.29 is 14.6 Å². The summed E-state index contributed by atoms with van der Waals surface area (Å²) in [4.78, 5) is 13.4. The number of carbonyl (C=O) groups excluding carboxylic acids is 1. The standard InChI is InChI=1S/C11H19NO3S/c1-10(2,3)15-9(14)12-6-11(7-12)4-8(13)5-16-11/h8,13H,4-7H2,1-3H3. The Balaban J connectivity index is 1.82. The number of rotatable bonds is 0. The molecule has 2 fully saturated rings. The number of hydrogen-bond acceptors (Lipinski definition) is 4. The van der Waals surface area contributed by atoms with Gasteiger partial charge in [-0.05, 0) is 27.2 Å². The molecule has 16 heavy (non-hydrogen) atoms. The highest BCUT2D eigenvalue weighted by molar-refractivity contribution is 8.01. The number of hydrogen-bond donors (Lipinski definition) is 1. The van der Waals surface area contributed by atoms with Crippen molar-refractivity contribution in [2.75, 3.05) is 18.8 Å². The molecule has 2 saturated heterocycles. The average molecular weight is 245 g/mol. The fourth-order valence-corrected chi connectivity index (χ4v) is 3.61. The fourth-order valence-electron chi connectivity index (χ4n) is 2.15. The van der Waals surface area contributed by atoms with Crippen LogP contribution in [0.15, 0.2) is 0 Å². The molecule has 4 nitrogen and oxygen atoms in total. The molecular weight excluding hydrogens is 226 g/mol. The van der Waals surface area contributed by atoms with Gasteiger partial charge in [0.05, 0.1) is 10.9 Å². The van der Waals surface area contributed by atoms with Gasteiger partial charge in [-0.25, -0.2) is 4.79 Å². The van der Waals surface area contributed by atoms with E-state index in [0.717, 1.165) is 12.2 Å². The van der Waals surface area contributed by atoms with Crippen molar-refractivity contribution in [1.29, 1.82) is 0 Å². The van der Waals surface area contributed by atoms with E-state index in [4.69, 9.17) is 4.74 Å². The quantitative estimate of drug-likeness (QED) is 0.702. The lowest BCUT2D eigenvalue weighted by Crippen LogP contribution is -2.61. The van der Waals surface area contributed by atoms with Crippen LogP contribution in [0, 0.1) is 0 Å². The molecule has 2 aliphatic rings. The van der Waals surface area contributed by atoms with Gasteiger partial charge in [0.2, 0.25) is 0 Å². The molecule has 0 aromatic carbocycles. The fraction of sp³-hybridized carbons (Fsp3) is 0.909. The zero-order chi connectivity index (χ0) is 12.0. The van der Waals surface area contributed by atoms with Gasteiger partial charge >= 0.3 is 6.09 Å². The molecule has 0 radical (unpaired) electrons. The summed E-state index contributed by atoms with van der Waals surface area (Å²) >= 11 is 1.78. The Labute approximate surface area is 100 Å². The van der Waals surface area contributed by atoms with Crippen LogP contribution in [0.1, 0.15) is 27.2 Å². The summed E-state index contributed by atoms with van der Waals surface area (Å²) in [6.07, 6.45) is 0.364. The highest BCUT2D eigenvalue weighted by Crippen LogP contribution is 2.45. The van der Waals surface area contributed by atoms with Crippen molar-refractivity contribution in [1.82, 2.24) is 4.90 Å². The lowest BCUT2D eigenvalue weighted by atomic mass is 9.93. The SMILES string of the molecule is CC(C)(C)OC(=O)N1CC2(CC(O)CS2)C1. The zero-order valence-corrected chi connectivity index (χ0v) is 10.8. The first-order valence-corrected chi connectivity index (χ1v) is 6.58. The molecule has 92 valence electrons. The van der Waals surface area contributed by atoms with E-state index in [1.165, 1.54) is 0 Å². The predicted octanol–water partition coefficient (Wildman–Crippen LogP) is 1.47. The van der Waals surface area contributed by atoms with Crippen LogP contribution < -0.4 is 0 Å². The first kappa shape index (κ1) is 12.0. The van der Waals surface area contributed by atoms with Gasteiger partial charge in [0, 0.05) is 18.8 Å². The summed E-state index contributed by atoms with van der Waals surface area (Å²) in [7, 11) is 0. The van der Waals surface area contributed by atoms with Gasteiger partial charge in [-0.3, -0.25) is 0 Å². The second-order valence-corrected chi connectivity index (χ2v) is 7.18. The lowest BCUT2D eigenvalue weighted by Gasteiger charge is -2.47. The number of aliphatic hydroxyl groups is 1. The maximum absolute atomic E-state index is 11.7. The van der Waals surface area contributed by atoms with E-state index in [1.54, 1.807) is 16.7 Å². The van der Waals surface area contributed by atoms with Gasteiger partial charge < -0.3 is 14.7 Å². The summed E-state index contributed by atoms with van der Waals surface area (Å²) in [5.74, 6) is 0.794. The number of nitrogens with zero attached hydrogens (tertiary/aromatic N) is 1. The molecule has 1 N–H and O–H groups in total. The van der Waals surface area contributed by atoms with Gasteiger partial charge in [-0.1, -0.05) is 0 Å². The van der Waals surface area contributed by atoms with Crippen molar-refractivity contribution in [3.8, 4) is 0 Å². The average Bonchev–Trinajstić information content (AvgIpc) is 2.41. The second kappa shape index (κ2) is 3.81. The van der Waals surface area contributed by atoms with Gasteiger partial charge in [0.1, 0.15) is 5.60 Å². The molecule has 5 heteroatoms. The Bertz CT molecular complexity index is 294. The van der Waals surface area contributed by atoms with Crippen LogP contribution in [0.5, 0.6) is 0 Å². The highest BCUT2D eigenvalue weighted by Gasteiger charge is 2.51. The number of aliphatic hydroxyl groups excluding tert-OH is 1. The van der Waals surface area contributed by atoms with Crippen molar-refractivity contribution in [2.45, 2.75) is 43.6 Å². The number of carbonyl (C=O) groups is 1. The van der Waals surface area contributed by atoms with Crippen LogP contribution in [0.2, 0.25) is 0 Å². The maximum Gasteiger partial charge on any atom is 0.410 e. The minimum atomic E-state index is -0.428. The first-order valence-electron chi connectivity index (χ1n) is 5.60. The van der Waals surface area contributed by atoms with Crippen LogP contribution in [0.3, 0.4) is 0 Å². The van der Waals surface area contributed by atoms with Crippen molar-refractivity contribution >= 4 is 17.9 Å². The van der Waals surface area contributed by atoms with E-state index in [9.17, 15) is 9.90 Å². The smallest absolute Gasteiger partial charge is 0.410 e. The van der Waals surface area contributed by atoms with Crippen LogP contribution >= 0.6 is 11.8 Å². The van der Waals surface area contributed by atoms with E-state index < -0.39 is 5.60 Å². The maximum atomic E-state index is 11.7. The van der Waals surface area contributed by atoms with Crippen molar-refractivity contribution in [3.63, 3.8) is 0 Å². The molecule has 2 aliphatic heterocycles. The van der Waals surface area contributed by atoms with Crippen LogP contribution in [0.25, 0.3) is 0 Å². The van der Waals surface area contributed by atoms with Crippen LogP contribution in [-0.4, -0.2) is 51.4 Å². The summed E-state index contributed by atoms with van der Waals surface area (Å²) in [5, 5.41) is 9.49. The van der Waals surface area contributed by atoms with Gasteiger partial charge in [-0.15, -0.1) is 11.8 Å². The molecule has 1 unspecified atom stereocenters. The Morgan fingerprint density at radius 3 is 2.56 bits per heavy atom. The topological polar surface area (TPSA) is 49.8 Å². The minimum Gasteiger partial charge on any atom is -0.444 e. The number of ether oxygens (including phenoxy) is 1. The number of likely N-dealkylation sites (tertiary alicyclic amines) is 1. The van der Waals surface area contributed by atoms with E-state index in [0.29, 0.717) is 13.1 Å². The first-order chi connectivity index (χ1) is 7.30. The summed E-state index contributed by atoms with van der Waals surface area (Å²) in [5.41, 5.74) is -0.428. The van der Waals surface area contributed by atoms with Gasteiger partial charge in [0.15, 0.2) is 0 Å². The molecule has 1 amide bonds. The monoisotopic (exact) mass is 245 g/mol. The molecule has 0 aromatic heterocycles. The third kappa shape index (κ3) is 2.46. The number of thioether (sulfide) groups is 1. The minimum absolute atomic E-state index is 0.107. The number of amides is 1. The van der Waals surface area contributed by atoms with Gasteiger partial charge in [-0.2, -0.15) is 0 Å². The summed E-state index contributed by atoms with van der Waals surface area (Å²) in [6.45, 7) is 7.03. The van der Waals surface area contributed by atoms with Crippen molar-refractivity contribution in [3.05, 3.63) is 0 Å². The Morgan fingerprint density at radius 1 is 1.50 bits per heavy atom. The van der Waals surface area contributed by atoms with E-state index in [2.05, 4.69) is 0 Å². The molecule has 0 aliphatic carbocycles. The molecule has 2 rings (SSSR count). The van der Waals surface area contributed by atoms with Gasteiger partial charge in [0.25, 0.3) is 0 Å². The Kier molecular flexibility index (Phi) is 2.87. The largest absolute Gasteiger partial charge is 0.444 e. The lowest BCUT2D eigenvalue weighted by molar-refractivity contribution is 0.00114. The van der Waals surface area contributed by atoms with E-state index in [1.807, 2.05) is 20.8 Å².